The van der Waals surface area contributed by atoms with Crippen molar-refractivity contribution in [2.24, 2.45) is 0 Å². The molecule has 0 N–H and O–H groups in total. The number of hydrogen-bond donors (Lipinski definition) is 0. The fourth-order valence-corrected chi connectivity index (χ4v) is 12.1. The Morgan fingerprint density at radius 1 is 0.556 bits per heavy atom. The summed E-state index contributed by atoms with van der Waals surface area (Å²) in [6.07, 6.45) is 2.22. The molecule has 2 rings (SSSR count). The fraction of sp³-hybridized carbons (Fsp3) is 0.675. The van der Waals surface area contributed by atoms with Crippen LogP contribution in [-0.2, 0) is 36.9 Å². The maximum atomic E-state index is 7.28. The van der Waals surface area contributed by atoms with Crippen molar-refractivity contribution in [2.75, 3.05) is 6.26 Å². The van der Waals surface area contributed by atoms with Crippen molar-refractivity contribution in [2.45, 2.75) is 170 Å². The highest BCUT2D eigenvalue weighted by Gasteiger charge is 2.33. The summed E-state index contributed by atoms with van der Waals surface area (Å²) in [7, 11) is -0.319. The summed E-state index contributed by atoms with van der Waals surface area (Å²) in [5.41, 5.74) is 8.87. The van der Waals surface area contributed by atoms with Gasteiger partial charge < -0.3 is 4.43 Å². The third-order valence-electron chi connectivity index (χ3n) is 8.49. The van der Waals surface area contributed by atoms with Crippen LogP contribution in [0.5, 0.6) is 0 Å². The van der Waals surface area contributed by atoms with Gasteiger partial charge >= 0.3 is 0 Å². The van der Waals surface area contributed by atoms with Crippen LogP contribution in [0.25, 0.3) is 0 Å². The van der Waals surface area contributed by atoms with E-state index in [2.05, 4.69) is 168 Å². The molecule has 1 unspecified atom stereocenters. The first kappa shape index (κ1) is 40.7. The van der Waals surface area contributed by atoms with Crippen LogP contribution in [0.1, 0.15) is 158 Å². The zero-order chi connectivity index (χ0) is 35.4. The van der Waals surface area contributed by atoms with Gasteiger partial charge in [-0.2, -0.15) is 11.2 Å². The first-order valence-corrected chi connectivity index (χ1v) is 23.5. The van der Waals surface area contributed by atoms with Crippen molar-refractivity contribution in [1.29, 1.82) is 0 Å². The summed E-state index contributed by atoms with van der Waals surface area (Å²) < 4.78 is 7.28. The van der Waals surface area contributed by atoms with Crippen molar-refractivity contribution in [3.05, 3.63) is 57.6 Å². The Morgan fingerprint density at radius 3 is 1.13 bits per heavy atom. The van der Waals surface area contributed by atoms with Gasteiger partial charge in [-0.25, -0.2) is 0 Å². The second-order valence-electron chi connectivity index (χ2n) is 19.6. The van der Waals surface area contributed by atoms with E-state index in [0.717, 1.165) is 0 Å². The zero-order valence-electron chi connectivity index (χ0n) is 33.1. The van der Waals surface area contributed by atoms with Crippen LogP contribution in [0.15, 0.2) is 24.3 Å². The van der Waals surface area contributed by atoms with Crippen LogP contribution < -0.4 is 10.6 Å². The van der Waals surface area contributed by atoms with E-state index in [1.54, 1.807) is 0 Å². The molecule has 0 aliphatic rings. The van der Waals surface area contributed by atoms with Gasteiger partial charge in [0.25, 0.3) is 7.47 Å². The lowest BCUT2D eigenvalue weighted by molar-refractivity contribution is 0.553. The van der Waals surface area contributed by atoms with E-state index >= 15 is 0 Å². The maximum absolute atomic E-state index is 7.28. The second kappa shape index (κ2) is 13.5. The van der Waals surface area contributed by atoms with Gasteiger partial charge in [0.15, 0.2) is 0 Å². The topological polar surface area (TPSA) is 9.23 Å². The summed E-state index contributed by atoms with van der Waals surface area (Å²) in [4.78, 5) is 0. The summed E-state index contributed by atoms with van der Waals surface area (Å²) in [6, 6.07) is 10.1. The first-order chi connectivity index (χ1) is 19.8. The van der Waals surface area contributed by atoms with Crippen LogP contribution in [0.4, 0.5) is 0 Å². The molecular weight excluding hydrogens is 619 g/mol. The summed E-state index contributed by atoms with van der Waals surface area (Å²) in [6.45, 7) is 47.4. The molecular formula is C40H68OP2SSi. The van der Waals surface area contributed by atoms with Crippen molar-refractivity contribution in [3.63, 3.8) is 0 Å². The quantitative estimate of drug-likeness (QED) is 0.221. The van der Waals surface area contributed by atoms with Gasteiger partial charge in [0.2, 0.25) is 0 Å². The van der Waals surface area contributed by atoms with Crippen molar-refractivity contribution in [1.82, 2.24) is 0 Å². The molecule has 5 heteroatoms. The Morgan fingerprint density at radius 2 is 0.867 bits per heavy atom. The molecule has 0 heterocycles. The standard InChI is InChI=1S/C40H68OP2SSi/c1-35(2,3)26-22-28(37(7,8)9)32(29(23-26)38(10,11)12)42-34(41-45(20,21)44-19)43-33-30(39(13,14)15)24-27(36(4,5)6)25-31(33)40(16,17)18/h22-25,42H,1-21H3. The Balaban J connectivity index is 3.17. The molecule has 0 saturated heterocycles. The van der Waals surface area contributed by atoms with Gasteiger partial charge in [-0.15, -0.1) is 0 Å². The van der Waals surface area contributed by atoms with Crippen LogP contribution in [0, 0.1) is 0 Å². The molecule has 0 saturated carbocycles. The highest BCUT2D eigenvalue weighted by molar-refractivity contribution is 8.27. The molecule has 1 atom stereocenters. The molecule has 0 bridgehead atoms. The minimum absolute atomic E-state index is 0.00572. The zero-order valence-corrected chi connectivity index (χ0v) is 36.8. The summed E-state index contributed by atoms with van der Waals surface area (Å²) in [5.74, 6) is 0. The van der Waals surface area contributed by atoms with E-state index < -0.39 is 7.47 Å². The largest absolute Gasteiger partial charge is 0.370 e. The molecule has 0 fully saturated rings. The Bertz CT molecular complexity index is 1320. The van der Waals surface area contributed by atoms with Crippen molar-refractivity contribution in [3.8, 4) is 0 Å². The normalized spacial score (nSPS) is 15.0. The predicted octanol–water partition coefficient (Wildman–Crippen LogP) is 12.2. The molecule has 0 spiro atoms. The van der Waals surface area contributed by atoms with E-state index in [0.29, 0.717) is 8.58 Å². The van der Waals surface area contributed by atoms with Crippen molar-refractivity contribution < 1.29 is 4.43 Å². The molecule has 0 radical (unpaired) electrons. The average Bonchev–Trinajstić information content (AvgIpc) is 2.79. The fourth-order valence-electron chi connectivity index (χ4n) is 5.28. The molecule has 2 aromatic carbocycles. The minimum atomic E-state index is -2.00. The van der Waals surface area contributed by atoms with Crippen LogP contribution in [-0.4, -0.2) is 18.9 Å². The van der Waals surface area contributed by atoms with E-state index in [1.807, 2.05) is 11.2 Å². The molecule has 0 aliphatic carbocycles. The van der Waals surface area contributed by atoms with Gasteiger partial charge in [-0.3, -0.25) is 0 Å². The van der Waals surface area contributed by atoms with Crippen molar-refractivity contribution >= 4 is 51.3 Å². The van der Waals surface area contributed by atoms with Gasteiger partial charge in [0.1, 0.15) is 0 Å². The summed E-state index contributed by atoms with van der Waals surface area (Å²) >= 11 is 1.92. The highest BCUT2D eigenvalue weighted by atomic mass is 32.4. The monoisotopic (exact) mass is 686 g/mol. The minimum Gasteiger partial charge on any atom is -0.370 e. The predicted molar refractivity (Wildman–Crippen MR) is 217 cm³/mol. The molecule has 0 amide bonds. The Labute approximate surface area is 288 Å². The smallest absolute Gasteiger partial charge is 0.255 e. The highest BCUT2D eigenvalue weighted by Crippen LogP contribution is 2.41. The lowest BCUT2D eigenvalue weighted by Gasteiger charge is -2.35. The van der Waals surface area contributed by atoms with Gasteiger partial charge in [0, 0.05) is 5.30 Å². The Kier molecular flexibility index (Phi) is 12.2. The van der Waals surface area contributed by atoms with Gasteiger partial charge in [-0.05, 0) is 107 Å². The SMILES string of the molecule is CS[Si](C)(C)OC(=Pc1c(C(C)(C)C)cc(C(C)(C)C)cc1C(C)(C)C)Pc1c(C(C)(C)C)cc(C(C)(C)C)cc1C(C)(C)C. The third-order valence-corrected chi connectivity index (χ3v) is 16.5. The third kappa shape index (κ3) is 10.8. The molecule has 2 aromatic rings. The molecule has 0 aromatic heterocycles. The van der Waals surface area contributed by atoms with E-state index in [1.165, 1.54) is 57.4 Å². The Hall–Kier alpha value is -0.433. The lowest BCUT2D eigenvalue weighted by Crippen LogP contribution is -2.34. The maximum Gasteiger partial charge on any atom is 0.255 e. The van der Waals surface area contributed by atoms with Gasteiger partial charge in [0.05, 0.1) is 5.22 Å². The lowest BCUT2D eigenvalue weighted by atomic mass is 9.75. The van der Waals surface area contributed by atoms with Gasteiger partial charge in [-0.1, -0.05) is 149 Å². The molecule has 1 nitrogen and oxygen atoms in total. The number of hydrogen-bond acceptors (Lipinski definition) is 2. The number of benzene rings is 2. The van der Waals surface area contributed by atoms with E-state index in [-0.39, 0.29) is 32.5 Å². The molecule has 254 valence electrons. The summed E-state index contributed by atoms with van der Waals surface area (Å²) in [5, 5.41) is 4.15. The second-order valence-corrected chi connectivity index (χ2v) is 29.9. The molecule has 45 heavy (non-hydrogen) atoms. The van der Waals surface area contributed by atoms with Crippen LogP contribution in [0.2, 0.25) is 13.1 Å². The first-order valence-electron chi connectivity index (χ1n) is 16.8. The average molecular weight is 687 g/mol. The van der Waals surface area contributed by atoms with Crippen LogP contribution in [0.3, 0.4) is 0 Å². The van der Waals surface area contributed by atoms with E-state index in [4.69, 9.17) is 4.43 Å². The molecule has 0 aliphatic heterocycles. The van der Waals surface area contributed by atoms with Crippen LogP contribution >= 0.6 is 28.0 Å². The van der Waals surface area contributed by atoms with E-state index in [9.17, 15) is 0 Å². The number of rotatable bonds is 6.